The van der Waals surface area contributed by atoms with Crippen LogP contribution in [0.15, 0.2) is 36.4 Å². The molecular formula is C16H16N2O4. The van der Waals surface area contributed by atoms with E-state index in [4.69, 9.17) is 9.47 Å². The second-order valence-electron chi connectivity index (χ2n) is 5.29. The van der Waals surface area contributed by atoms with Gasteiger partial charge in [-0.15, -0.1) is 0 Å². The number of rotatable bonds is 4. The van der Waals surface area contributed by atoms with E-state index in [-0.39, 0.29) is 5.92 Å². The molecule has 1 atom stereocenters. The molecule has 0 radical (unpaired) electrons. The van der Waals surface area contributed by atoms with Gasteiger partial charge < -0.3 is 9.47 Å². The maximum absolute atomic E-state index is 12.0. The van der Waals surface area contributed by atoms with E-state index in [0.717, 1.165) is 17.0 Å². The molecule has 1 aromatic carbocycles. The summed E-state index contributed by atoms with van der Waals surface area (Å²) in [6.45, 7) is 0. The molecule has 114 valence electrons. The van der Waals surface area contributed by atoms with Crippen LogP contribution in [0.2, 0.25) is 0 Å². The van der Waals surface area contributed by atoms with Crippen LogP contribution in [0, 0.1) is 5.41 Å². The van der Waals surface area contributed by atoms with Crippen molar-refractivity contribution in [1.29, 1.82) is 0 Å². The average molecular weight is 300 g/mol. The van der Waals surface area contributed by atoms with Crippen molar-refractivity contribution in [2.75, 3.05) is 14.2 Å². The third-order valence-electron chi connectivity index (χ3n) is 4.10. The van der Waals surface area contributed by atoms with Crippen molar-refractivity contribution in [3.8, 4) is 11.3 Å². The summed E-state index contributed by atoms with van der Waals surface area (Å²) in [4.78, 5) is 24.0. The van der Waals surface area contributed by atoms with Crippen LogP contribution in [0.1, 0.15) is 18.0 Å². The van der Waals surface area contributed by atoms with Crippen molar-refractivity contribution in [2.45, 2.75) is 12.3 Å². The fraction of sp³-hybridized carbons (Fsp3) is 0.312. The molecule has 22 heavy (non-hydrogen) atoms. The van der Waals surface area contributed by atoms with Gasteiger partial charge in [0, 0.05) is 17.2 Å². The van der Waals surface area contributed by atoms with E-state index in [9.17, 15) is 9.59 Å². The van der Waals surface area contributed by atoms with Gasteiger partial charge in [0.2, 0.25) is 0 Å². The lowest BCUT2D eigenvalue weighted by molar-refractivity contribution is -0.161. The number of aromatic nitrogens is 2. The number of aromatic amines is 1. The Bertz CT molecular complexity index is 692. The normalized spacial score (nSPS) is 18.5. The van der Waals surface area contributed by atoms with Gasteiger partial charge >= 0.3 is 11.9 Å². The summed E-state index contributed by atoms with van der Waals surface area (Å²) in [6.07, 6.45) is 0.364. The minimum atomic E-state index is -1.25. The first kappa shape index (κ1) is 14.3. The van der Waals surface area contributed by atoms with Crippen LogP contribution in [0.5, 0.6) is 0 Å². The SMILES string of the molecule is COC(=O)C1(C(=O)OC)CC1c1cc(-c2ccccc2)n[nH]1. The quantitative estimate of drug-likeness (QED) is 0.689. The predicted molar refractivity (Wildman–Crippen MR) is 77.8 cm³/mol. The lowest BCUT2D eigenvalue weighted by Gasteiger charge is -2.11. The molecule has 0 saturated heterocycles. The molecule has 0 spiro atoms. The lowest BCUT2D eigenvalue weighted by atomic mass is 10.0. The summed E-state index contributed by atoms with van der Waals surface area (Å²) in [5, 5.41) is 7.17. The van der Waals surface area contributed by atoms with Gasteiger partial charge in [0.05, 0.1) is 19.9 Å². The Balaban J connectivity index is 1.89. The molecule has 0 aliphatic heterocycles. The molecule has 2 aromatic rings. The molecule has 1 unspecified atom stereocenters. The number of nitrogens with one attached hydrogen (secondary N) is 1. The van der Waals surface area contributed by atoms with Crippen LogP contribution in [-0.4, -0.2) is 36.4 Å². The molecular weight excluding hydrogens is 284 g/mol. The van der Waals surface area contributed by atoms with Gasteiger partial charge in [-0.3, -0.25) is 14.7 Å². The van der Waals surface area contributed by atoms with Crippen molar-refractivity contribution in [2.24, 2.45) is 5.41 Å². The van der Waals surface area contributed by atoms with Crippen molar-refractivity contribution in [1.82, 2.24) is 10.2 Å². The maximum Gasteiger partial charge on any atom is 0.323 e. The predicted octanol–water partition coefficient (Wildman–Crippen LogP) is 1.90. The van der Waals surface area contributed by atoms with Gasteiger partial charge in [0.1, 0.15) is 0 Å². The number of carbonyl (C=O) groups excluding carboxylic acids is 2. The Morgan fingerprint density at radius 2 is 1.82 bits per heavy atom. The van der Waals surface area contributed by atoms with Gasteiger partial charge in [-0.2, -0.15) is 5.10 Å². The number of carbonyl (C=O) groups is 2. The largest absolute Gasteiger partial charge is 0.468 e. The fourth-order valence-corrected chi connectivity index (χ4v) is 2.81. The summed E-state index contributed by atoms with van der Waals surface area (Å²) >= 11 is 0. The summed E-state index contributed by atoms with van der Waals surface area (Å²) in [5.74, 6) is -1.43. The highest BCUT2D eigenvalue weighted by Crippen LogP contribution is 2.60. The van der Waals surface area contributed by atoms with Gasteiger partial charge in [-0.25, -0.2) is 0 Å². The van der Waals surface area contributed by atoms with Crippen LogP contribution in [0.3, 0.4) is 0 Å². The molecule has 0 amide bonds. The molecule has 6 heteroatoms. The molecule has 6 nitrogen and oxygen atoms in total. The highest BCUT2D eigenvalue weighted by molar-refractivity contribution is 6.05. The molecule has 1 N–H and O–H groups in total. The van der Waals surface area contributed by atoms with E-state index in [1.165, 1.54) is 14.2 Å². The zero-order valence-corrected chi connectivity index (χ0v) is 12.3. The van der Waals surface area contributed by atoms with Crippen LogP contribution < -0.4 is 0 Å². The van der Waals surface area contributed by atoms with Gasteiger partial charge in [-0.05, 0) is 12.5 Å². The number of methoxy groups -OCH3 is 2. The van der Waals surface area contributed by atoms with Crippen molar-refractivity contribution < 1.29 is 19.1 Å². The van der Waals surface area contributed by atoms with Gasteiger partial charge in [0.15, 0.2) is 5.41 Å². The van der Waals surface area contributed by atoms with E-state index in [0.29, 0.717) is 6.42 Å². The summed E-state index contributed by atoms with van der Waals surface area (Å²) in [5.41, 5.74) is 1.22. The monoisotopic (exact) mass is 300 g/mol. The third kappa shape index (κ3) is 2.07. The minimum Gasteiger partial charge on any atom is -0.468 e. The zero-order valence-electron chi connectivity index (χ0n) is 12.3. The molecule has 0 bridgehead atoms. The van der Waals surface area contributed by atoms with Crippen LogP contribution >= 0.6 is 0 Å². The van der Waals surface area contributed by atoms with Crippen LogP contribution in [-0.2, 0) is 19.1 Å². The molecule has 1 aromatic heterocycles. The second kappa shape index (κ2) is 5.29. The van der Waals surface area contributed by atoms with E-state index < -0.39 is 17.4 Å². The average Bonchev–Trinajstić information content (AvgIpc) is 3.14. The summed E-state index contributed by atoms with van der Waals surface area (Å²) in [6, 6.07) is 11.5. The van der Waals surface area contributed by atoms with E-state index in [1.807, 2.05) is 36.4 Å². The fourth-order valence-electron chi connectivity index (χ4n) is 2.81. The van der Waals surface area contributed by atoms with Gasteiger partial charge in [0.25, 0.3) is 0 Å². The Labute approximate surface area is 127 Å². The third-order valence-corrected chi connectivity index (χ3v) is 4.10. The first-order valence-corrected chi connectivity index (χ1v) is 6.91. The molecule has 1 saturated carbocycles. The second-order valence-corrected chi connectivity index (χ2v) is 5.29. The van der Waals surface area contributed by atoms with Crippen molar-refractivity contribution in [3.05, 3.63) is 42.1 Å². The molecule has 3 rings (SSSR count). The number of hydrogen-bond donors (Lipinski definition) is 1. The van der Waals surface area contributed by atoms with Crippen LogP contribution in [0.4, 0.5) is 0 Å². The number of nitrogens with zero attached hydrogens (tertiary/aromatic N) is 1. The first-order valence-electron chi connectivity index (χ1n) is 6.91. The van der Waals surface area contributed by atoms with Crippen LogP contribution in [0.25, 0.3) is 11.3 Å². The van der Waals surface area contributed by atoms with Crippen molar-refractivity contribution in [3.63, 3.8) is 0 Å². The highest BCUT2D eigenvalue weighted by atomic mass is 16.5. The Kier molecular flexibility index (Phi) is 3.44. The minimum absolute atomic E-state index is 0.294. The number of esters is 2. The molecule has 1 aliphatic carbocycles. The summed E-state index contributed by atoms with van der Waals surface area (Å²) < 4.78 is 9.54. The van der Waals surface area contributed by atoms with Crippen molar-refractivity contribution >= 4 is 11.9 Å². The number of benzene rings is 1. The van der Waals surface area contributed by atoms with E-state index >= 15 is 0 Å². The highest BCUT2D eigenvalue weighted by Gasteiger charge is 2.69. The standard InChI is InChI=1S/C16H16N2O4/c1-21-14(19)16(15(20)22-2)9-11(16)13-8-12(17-18-13)10-6-4-3-5-7-10/h3-8,11H,9H2,1-2H3,(H,17,18). The number of ether oxygens (including phenoxy) is 2. The first-order chi connectivity index (χ1) is 10.6. The summed E-state index contributed by atoms with van der Waals surface area (Å²) in [7, 11) is 2.54. The molecule has 1 heterocycles. The molecule has 1 aliphatic rings. The molecule has 1 fully saturated rings. The van der Waals surface area contributed by atoms with E-state index in [2.05, 4.69) is 10.2 Å². The Morgan fingerprint density at radius 3 is 2.41 bits per heavy atom. The van der Waals surface area contributed by atoms with E-state index in [1.54, 1.807) is 0 Å². The lowest BCUT2D eigenvalue weighted by Crippen LogP contribution is -2.30. The number of H-pyrrole nitrogens is 1. The Hall–Kier alpha value is -2.63. The van der Waals surface area contributed by atoms with Gasteiger partial charge in [-0.1, -0.05) is 30.3 Å². The maximum atomic E-state index is 12.0. The smallest absolute Gasteiger partial charge is 0.323 e. The topological polar surface area (TPSA) is 81.3 Å². The Morgan fingerprint density at radius 1 is 1.18 bits per heavy atom. The number of hydrogen-bond acceptors (Lipinski definition) is 5. The zero-order chi connectivity index (χ0) is 15.7.